The zero-order valence-electron chi connectivity index (χ0n) is 8.80. The number of rotatable bonds is 2. The first-order valence-electron chi connectivity index (χ1n) is 5.14. The molecule has 2 atom stereocenters. The first-order chi connectivity index (χ1) is 5.69. The van der Waals surface area contributed by atoms with E-state index in [1.807, 2.05) is 0 Å². The van der Waals surface area contributed by atoms with Crippen molar-refractivity contribution in [3.05, 3.63) is 0 Å². The second-order valence-corrected chi connectivity index (χ2v) is 4.35. The summed E-state index contributed by atoms with van der Waals surface area (Å²) in [7, 11) is 2.28. The van der Waals surface area contributed by atoms with Crippen molar-refractivity contribution in [2.24, 2.45) is 0 Å². The molecule has 0 radical (unpaired) electrons. The third-order valence-electron chi connectivity index (χ3n) is 3.47. The van der Waals surface area contributed by atoms with Gasteiger partial charge in [0.25, 0.3) is 0 Å². The molecular weight excluding hydrogens is 277 g/mol. The standard InChI is InChI=1S/C10H22NO.HI/c1-10-6-4-3-5-7-11(10,2)8-9-12;/h10,12H,3-9H2,1-2H3;1H/q+1;/p-1. The monoisotopic (exact) mass is 299 g/mol. The highest BCUT2D eigenvalue weighted by Gasteiger charge is 2.29. The van der Waals surface area contributed by atoms with Crippen molar-refractivity contribution in [3.8, 4) is 0 Å². The largest absolute Gasteiger partial charge is 1.00 e. The van der Waals surface area contributed by atoms with E-state index < -0.39 is 0 Å². The normalized spacial score (nSPS) is 34.8. The average molecular weight is 299 g/mol. The molecule has 1 N–H and O–H groups in total. The van der Waals surface area contributed by atoms with E-state index in [1.54, 1.807) is 0 Å². The lowest BCUT2D eigenvalue weighted by Gasteiger charge is -2.38. The molecule has 0 aromatic carbocycles. The van der Waals surface area contributed by atoms with Crippen LogP contribution in [-0.4, -0.2) is 42.4 Å². The molecule has 0 aromatic heterocycles. The van der Waals surface area contributed by atoms with E-state index in [1.165, 1.54) is 32.2 Å². The molecule has 2 nitrogen and oxygen atoms in total. The Morgan fingerprint density at radius 3 is 2.62 bits per heavy atom. The third kappa shape index (κ3) is 3.72. The van der Waals surface area contributed by atoms with Crippen LogP contribution < -0.4 is 24.0 Å². The van der Waals surface area contributed by atoms with Crippen LogP contribution in [-0.2, 0) is 0 Å². The fraction of sp³-hybridized carbons (Fsp3) is 1.00. The highest BCUT2D eigenvalue weighted by Crippen LogP contribution is 2.21. The maximum atomic E-state index is 8.98. The second-order valence-electron chi connectivity index (χ2n) is 4.35. The number of likely N-dealkylation sites (N-methyl/N-ethyl adjacent to an activating group) is 1. The molecule has 3 heteroatoms. The molecular formula is C10H22INO. The minimum absolute atomic E-state index is 0. The molecule has 1 heterocycles. The summed E-state index contributed by atoms with van der Waals surface area (Å²) in [6.07, 6.45) is 5.42. The van der Waals surface area contributed by atoms with Crippen molar-refractivity contribution in [2.75, 3.05) is 26.7 Å². The van der Waals surface area contributed by atoms with Crippen LogP contribution in [0.15, 0.2) is 0 Å². The molecule has 0 bridgehead atoms. The Balaban J connectivity index is 0.00000144. The van der Waals surface area contributed by atoms with Gasteiger partial charge in [0, 0.05) is 0 Å². The first kappa shape index (κ1) is 13.7. The van der Waals surface area contributed by atoms with Crippen molar-refractivity contribution in [1.29, 1.82) is 0 Å². The molecule has 1 rings (SSSR count). The molecule has 1 fully saturated rings. The van der Waals surface area contributed by atoms with Crippen LogP contribution in [0.4, 0.5) is 0 Å². The van der Waals surface area contributed by atoms with Crippen LogP contribution in [0.5, 0.6) is 0 Å². The van der Waals surface area contributed by atoms with E-state index in [0.29, 0.717) is 6.61 Å². The molecule has 0 spiro atoms. The zero-order valence-corrected chi connectivity index (χ0v) is 11.0. The number of aliphatic hydroxyl groups excluding tert-OH is 1. The lowest BCUT2D eigenvalue weighted by Crippen LogP contribution is -3.00. The van der Waals surface area contributed by atoms with E-state index in [0.717, 1.165) is 17.1 Å². The van der Waals surface area contributed by atoms with Gasteiger partial charge in [0.1, 0.15) is 6.54 Å². The van der Waals surface area contributed by atoms with Crippen LogP contribution in [0.1, 0.15) is 32.6 Å². The van der Waals surface area contributed by atoms with Crippen molar-refractivity contribution in [1.82, 2.24) is 0 Å². The van der Waals surface area contributed by atoms with Gasteiger partial charge in [0.15, 0.2) is 0 Å². The lowest BCUT2D eigenvalue weighted by molar-refractivity contribution is -0.931. The van der Waals surface area contributed by atoms with Crippen molar-refractivity contribution in [3.63, 3.8) is 0 Å². The summed E-state index contributed by atoms with van der Waals surface area (Å²) in [5, 5.41) is 8.98. The number of hydrogen-bond acceptors (Lipinski definition) is 1. The number of aliphatic hydroxyl groups is 1. The summed E-state index contributed by atoms with van der Waals surface area (Å²) in [5.74, 6) is 0. The first-order valence-corrected chi connectivity index (χ1v) is 5.14. The zero-order chi connectivity index (χ0) is 9.03. The summed E-state index contributed by atoms with van der Waals surface area (Å²) in [6.45, 7) is 4.84. The van der Waals surface area contributed by atoms with Crippen LogP contribution in [0, 0.1) is 0 Å². The van der Waals surface area contributed by atoms with Crippen molar-refractivity contribution < 1.29 is 33.6 Å². The summed E-state index contributed by atoms with van der Waals surface area (Å²) >= 11 is 0. The Hall–Kier alpha value is 0.650. The number of hydrogen-bond donors (Lipinski definition) is 1. The molecule has 0 aromatic rings. The van der Waals surface area contributed by atoms with Crippen molar-refractivity contribution in [2.45, 2.75) is 38.6 Å². The van der Waals surface area contributed by atoms with Gasteiger partial charge in [-0.05, 0) is 32.6 Å². The van der Waals surface area contributed by atoms with E-state index in [9.17, 15) is 0 Å². The Morgan fingerprint density at radius 2 is 2.00 bits per heavy atom. The minimum Gasteiger partial charge on any atom is -1.00 e. The topological polar surface area (TPSA) is 20.2 Å². The van der Waals surface area contributed by atoms with Gasteiger partial charge in [-0.3, -0.25) is 0 Å². The molecule has 13 heavy (non-hydrogen) atoms. The van der Waals surface area contributed by atoms with E-state index in [4.69, 9.17) is 5.11 Å². The predicted molar refractivity (Wildman–Crippen MR) is 50.9 cm³/mol. The highest BCUT2D eigenvalue weighted by molar-refractivity contribution is 4.59. The van der Waals surface area contributed by atoms with Crippen LogP contribution in [0.2, 0.25) is 0 Å². The summed E-state index contributed by atoms with van der Waals surface area (Å²) in [5.41, 5.74) is 0. The number of halogens is 1. The molecule has 0 saturated carbocycles. The maximum absolute atomic E-state index is 8.98. The Labute approximate surface area is 98.9 Å². The average Bonchev–Trinajstić information content (AvgIpc) is 2.17. The van der Waals surface area contributed by atoms with Gasteiger partial charge < -0.3 is 33.6 Å². The molecule has 1 aliphatic heterocycles. The van der Waals surface area contributed by atoms with E-state index in [-0.39, 0.29) is 24.0 Å². The molecule has 2 unspecified atom stereocenters. The number of nitrogens with zero attached hydrogens (tertiary/aromatic N) is 1. The molecule has 0 aliphatic carbocycles. The minimum atomic E-state index is 0. The summed E-state index contributed by atoms with van der Waals surface area (Å²) in [6, 6.07) is 0.736. The van der Waals surface area contributed by atoms with Gasteiger partial charge in [-0.2, -0.15) is 0 Å². The van der Waals surface area contributed by atoms with Crippen LogP contribution in [0.3, 0.4) is 0 Å². The van der Waals surface area contributed by atoms with Gasteiger partial charge in [-0.25, -0.2) is 0 Å². The smallest absolute Gasteiger partial charge is 0.102 e. The van der Waals surface area contributed by atoms with Gasteiger partial charge in [0.2, 0.25) is 0 Å². The number of quaternary nitrogens is 1. The summed E-state index contributed by atoms with van der Waals surface area (Å²) in [4.78, 5) is 0. The summed E-state index contributed by atoms with van der Waals surface area (Å²) < 4.78 is 1.08. The SMILES string of the molecule is CC1CCCCC[N+]1(C)CCO.[I-]. The van der Waals surface area contributed by atoms with Crippen LogP contribution >= 0.6 is 0 Å². The van der Waals surface area contributed by atoms with Gasteiger partial charge >= 0.3 is 0 Å². The van der Waals surface area contributed by atoms with Crippen molar-refractivity contribution >= 4 is 0 Å². The maximum Gasteiger partial charge on any atom is 0.102 e. The highest BCUT2D eigenvalue weighted by atomic mass is 127. The fourth-order valence-electron chi connectivity index (χ4n) is 2.18. The van der Waals surface area contributed by atoms with Gasteiger partial charge in [-0.1, -0.05) is 0 Å². The fourth-order valence-corrected chi connectivity index (χ4v) is 2.18. The quantitative estimate of drug-likeness (QED) is 0.481. The lowest BCUT2D eigenvalue weighted by atomic mass is 10.1. The predicted octanol–water partition coefficient (Wildman–Crippen LogP) is -1.61. The molecule has 1 aliphatic rings. The van der Waals surface area contributed by atoms with Gasteiger partial charge in [-0.15, -0.1) is 0 Å². The Bertz CT molecular complexity index is 143. The Kier molecular flexibility index (Phi) is 6.50. The molecule has 1 saturated heterocycles. The van der Waals surface area contributed by atoms with E-state index in [2.05, 4.69) is 14.0 Å². The number of likely N-dealkylation sites (tertiary alicyclic amines) is 1. The van der Waals surface area contributed by atoms with Crippen LogP contribution in [0.25, 0.3) is 0 Å². The van der Waals surface area contributed by atoms with E-state index >= 15 is 0 Å². The third-order valence-corrected chi connectivity index (χ3v) is 3.47. The molecule has 0 amide bonds. The second kappa shape index (κ2) is 6.19. The molecule has 80 valence electrons. The van der Waals surface area contributed by atoms with Gasteiger partial charge in [0.05, 0.1) is 26.2 Å². The Morgan fingerprint density at radius 1 is 1.31 bits per heavy atom.